The number of nitrogens with zero attached hydrogens (tertiary/aromatic N) is 1. The van der Waals surface area contributed by atoms with Crippen LogP contribution in [0.4, 0.5) is 0 Å². The van der Waals surface area contributed by atoms with E-state index in [0.717, 1.165) is 0 Å². The van der Waals surface area contributed by atoms with Gasteiger partial charge in [0.15, 0.2) is 0 Å². The monoisotopic (exact) mass is 188 g/mol. The lowest BCUT2D eigenvalue weighted by Gasteiger charge is -2.10. The molecule has 0 aromatic carbocycles. The van der Waals surface area contributed by atoms with Gasteiger partial charge in [-0.3, -0.25) is 4.79 Å². The summed E-state index contributed by atoms with van der Waals surface area (Å²) in [6.07, 6.45) is 0. The minimum atomic E-state index is -1.38. The van der Waals surface area contributed by atoms with Crippen molar-refractivity contribution in [2.24, 2.45) is 5.73 Å². The number of esters is 1. The van der Waals surface area contributed by atoms with Gasteiger partial charge in [-0.15, -0.1) is 0 Å². The maximum absolute atomic E-state index is 11.3. The van der Waals surface area contributed by atoms with Crippen LogP contribution in [-0.2, 0) is 19.2 Å². The van der Waals surface area contributed by atoms with Gasteiger partial charge in [0.2, 0.25) is 5.54 Å². The van der Waals surface area contributed by atoms with Crippen LogP contribution < -0.4 is 5.73 Å². The minimum absolute atomic E-state index is 0.164. The summed E-state index contributed by atoms with van der Waals surface area (Å²) in [6, 6.07) is 0. The van der Waals surface area contributed by atoms with Crippen molar-refractivity contribution in [1.82, 2.24) is 5.06 Å². The van der Waals surface area contributed by atoms with Crippen molar-refractivity contribution in [2.45, 2.75) is 12.5 Å². The van der Waals surface area contributed by atoms with Crippen molar-refractivity contribution in [3.8, 4) is 0 Å². The Balaban J connectivity index is 2.72. The zero-order valence-corrected chi connectivity index (χ0v) is 7.57. The maximum Gasteiger partial charge on any atom is 0.340 e. The molecule has 1 heterocycles. The molecule has 0 aromatic rings. The molecule has 2 unspecified atom stereocenters. The summed E-state index contributed by atoms with van der Waals surface area (Å²) in [5.74, 6) is -1.39. The Morgan fingerprint density at radius 3 is 2.54 bits per heavy atom. The molecule has 0 spiro atoms. The van der Waals surface area contributed by atoms with Gasteiger partial charge in [-0.05, 0) is 6.92 Å². The van der Waals surface area contributed by atoms with Gasteiger partial charge in [0.1, 0.15) is 0 Å². The second-order valence-electron chi connectivity index (χ2n) is 2.66. The second kappa shape index (κ2) is 3.31. The Bertz CT molecular complexity index is 243. The van der Waals surface area contributed by atoms with Crippen LogP contribution in [0.25, 0.3) is 0 Å². The highest BCUT2D eigenvalue weighted by atomic mass is 16.7. The van der Waals surface area contributed by atoms with Crippen molar-refractivity contribution in [2.75, 3.05) is 20.3 Å². The summed E-state index contributed by atoms with van der Waals surface area (Å²) in [7, 11) is 1.36. The minimum Gasteiger partial charge on any atom is -0.464 e. The molecule has 2 atom stereocenters. The Kier molecular flexibility index (Phi) is 2.53. The molecule has 1 rings (SSSR count). The number of hydrogen-bond acceptors (Lipinski definition) is 5. The van der Waals surface area contributed by atoms with Crippen LogP contribution in [-0.4, -0.2) is 42.7 Å². The average Bonchev–Trinajstić information content (AvgIpc) is 2.79. The summed E-state index contributed by atoms with van der Waals surface area (Å²) in [4.78, 5) is 27.0. The van der Waals surface area contributed by atoms with Gasteiger partial charge in [-0.25, -0.2) is 4.79 Å². The molecule has 1 amide bonds. The van der Waals surface area contributed by atoms with Gasteiger partial charge < -0.3 is 15.3 Å². The molecule has 0 saturated carbocycles. The summed E-state index contributed by atoms with van der Waals surface area (Å²) in [6.45, 7) is 2.04. The Morgan fingerprint density at radius 2 is 2.23 bits per heavy atom. The lowest BCUT2D eigenvalue weighted by molar-refractivity contribution is -0.159. The highest BCUT2D eigenvalue weighted by Gasteiger charge is 2.66. The third-order valence-corrected chi connectivity index (χ3v) is 1.94. The largest absolute Gasteiger partial charge is 0.464 e. The van der Waals surface area contributed by atoms with E-state index in [2.05, 4.69) is 0 Å². The van der Waals surface area contributed by atoms with Gasteiger partial charge in [0.25, 0.3) is 5.91 Å². The van der Waals surface area contributed by atoms with Gasteiger partial charge in [-0.2, -0.15) is 5.06 Å². The number of carbonyl (C=O) groups is 2. The van der Waals surface area contributed by atoms with Crippen LogP contribution in [0.1, 0.15) is 6.92 Å². The van der Waals surface area contributed by atoms with Crippen LogP contribution in [0.2, 0.25) is 0 Å². The number of rotatable bonds is 4. The summed E-state index contributed by atoms with van der Waals surface area (Å²) in [5, 5.41) is 1.19. The molecule has 74 valence electrons. The van der Waals surface area contributed by atoms with Gasteiger partial charge in [-0.1, -0.05) is 0 Å². The molecule has 1 aliphatic heterocycles. The first-order chi connectivity index (χ1) is 6.09. The van der Waals surface area contributed by atoms with E-state index in [1.54, 1.807) is 6.92 Å². The normalized spacial score (nSPS) is 31.1. The number of carbonyl (C=O) groups excluding carboxylic acids is 2. The van der Waals surface area contributed by atoms with Crippen LogP contribution >= 0.6 is 0 Å². The maximum atomic E-state index is 11.3. The molecule has 13 heavy (non-hydrogen) atoms. The predicted octanol–water partition coefficient (Wildman–Crippen LogP) is -1.35. The SMILES string of the molecule is CCOC(=O)C1(C(N)=O)CN1OC. The number of primary amides is 1. The van der Waals surface area contributed by atoms with Crippen LogP contribution in [0, 0.1) is 0 Å². The van der Waals surface area contributed by atoms with Crippen molar-refractivity contribution in [3.63, 3.8) is 0 Å². The summed E-state index contributed by atoms with van der Waals surface area (Å²) in [5.41, 5.74) is 3.68. The van der Waals surface area contributed by atoms with E-state index in [1.165, 1.54) is 12.2 Å². The number of ether oxygens (including phenoxy) is 1. The standard InChI is InChI=1S/C7H12N2O4/c1-3-13-6(11)7(5(8)10)4-9(7)12-2/h3-4H2,1-2H3,(H2,8,10). The highest BCUT2D eigenvalue weighted by molar-refractivity contribution is 6.10. The first-order valence-corrected chi connectivity index (χ1v) is 3.88. The topological polar surface area (TPSA) is 81.6 Å². The molecule has 1 aliphatic rings. The molecule has 1 saturated heterocycles. The molecule has 6 heteroatoms. The quantitative estimate of drug-likeness (QED) is 0.335. The lowest BCUT2D eigenvalue weighted by atomic mass is 10.1. The first-order valence-electron chi connectivity index (χ1n) is 3.88. The van der Waals surface area contributed by atoms with Gasteiger partial charge in [0, 0.05) is 0 Å². The summed E-state index contributed by atoms with van der Waals surface area (Å²) < 4.78 is 4.70. The molecular weight excluding hydrogens is 176 g/mol. The molecule has 1 fully saturated rings. The predicted molar refractivity (Wildman–Crippen MR) is 42.3 cm³/mol. The Morgan fingerprint density at radius 1 is 1.62 bits per heavy atom. The third kappa shape index (κ3) is 1.38. The van der Waals surface area contributed by atoms with Crippen LogP contribution in [0.5, 0.6) is 0 Å². The molecule has 2 N–H and O–H groups in total. The van der Waals surface area contributed by atoms with E-state index >= 15 is 0 Å². The number of hydrogen-bond donors (Lipinski definition) is 1. The molecular formula is C7H12N2O4. The van der Waals surface area contributed by atoms with Crippen molar-refractivity contribution in [3.05, 3.63) is 0 Å². The van der Waals surface area contributed by atoms with E-state index in [9.17, 15) is 9.59 Å². The smallest absolute Gasteiger partial charge is 0.340 e. The fraction of sp³-hybridized carbons (Fsp3) is 0.714. The first kappa shape index (κ1) is 9.94. The van der Waals surface area contributed by atoms with Crippen LogP contribution in [0.3, 0.4) is 0 Å². The number of nitrogens with two attached hydrogens (primary N) is 1. The molecule has 0 aromatic heterocycles. The zero-order chi connectivity index (χ0) is 10.1. The fourth-order valence-electron chi connectivity index (χ4n) is 1.11. The van der Waals surface area contributed by atoms with Gasteiger partial charge >= 0.3 is 5.97 Å². The molecule has 0 bridgehead atoms. The van der Waals surface area contributed by atoms with Gasteiger partial charge in [0.05, 0.1) is 20.3 Å². The fourth-order valence-corrected chi connectivity index (χ4v) is 1.11. The summed E-state index contributed by atoms with van der Waals surface area (Å²) >= 11 is 0. The molecule has 6 nitrogen and oxygen atoms in total. The molecule has 0 aliphatic carbocycles. The van der Waals surface area contributed by atoms with E-state index in [0.29, 0.717) is 0 Å². The van der Waals surface area contributed by atoms with E-state index in [1.807, 2.05) is 0 Å². The Hall–Kier alpha value is -1.14. The van der Waals surface area contributed by atoms with E-state index in [-0.39, 0.29) is 13.2 Å². The second-order valence-corrected chi connectivity index (χ2v) is 2.66. The van der Waals surface area contributed by atoms with E-state index < -0.39 is 17.4 Å². The number of amides is 1. The van der Waals surface area contributed by atoms with E-state index in [4.69, 9.17) is 15.3 Å². The molecule has 0 radical (unpaired) electrons. The lowest BCUT2D eigenvalue weighted by Crippen LogP contribution is -2.44. The van der Waals surface area contributed by atoms with Crippen LogP contribution in [0.15, 0.2) is 0 Å². The third-order valence-electron chi connectivity index (χ3n) is 1.94. The number of hydroxylamine groups is 2. The van der Waals surface area contributed by atoms with Crippen molar-refractivity contribution in [1.29, 1.82) is 0 Å². The average molecular weight is 188 g/mol. The highest BCUT2D eigenvalue weighted by Crippen LogP contribution is 2.33. The Labute approximate surface area is 75.5 Å². The zero-order valence-electron chi connectivity index (χ0n) is 7.57. The van der Waals surface area contributed by atoms with Crippen molar-refractivity contribution >= 4 is 11.9 Å². The van der Waals surface area contributed by atoms with Crippen molar-refractivity contribution < 1.29 is 19.2 Å².